The Morgan fingerprint density at radius 1 is 1.28 bits per heavy atom. The van der Waals surface area contributed by atoms with Gasteiger partial charge in [-0.15, -0.1) is 0 Å². The zero-order chi connectivity index (χ0) is 12.8. The van der Waals surface area contributed by atoms with E-state index in [1.165, 1.54) is 0 Å². The Bertz CT molecular complexity index is 394. The lowest BCUT2D eigenvalue weighted by atomic mass is 10.0. The monoisotopic (exact) mass is 248 g/mol. The molecule has 0 radical (unpaired) electrons. The van der Waals surface area contributed by atoms with E-state index in [1.54, 1.807) is 0 Å². The summed E-state index contributed by atoms with van der Waals surface area (Å²) in [5.41, 5.74) is 0.958. The van der Waals surface area contributed by atoms with Crippen molar-refractivity contribution < 1.29 is 14.6 Å². The smallest absolute Gasteiger partial charge is 0.173 e. The van der Waals surface area contributed by atoms with E-state index in [9.17, 15) is 4.79 Å². The van der Waals surface area contributed by atoms with Crippen LogP contribution in [0.1, 0.15) is 31.2 Å². The third-order valence-electron chi connectivity index (χ3n) is 3.53. The van der Waals surface area contributed by atoms with Crippen LogP contribution in [0.2, 0.25) is 0 Å². The van der Waals surface area contributed by atoms with Crippen molar-refractivity contribution >= 4 is 5.78 Å². The standard InChI is InChI=1S/C15H20O3/c16-10-9-13-7-3-4-8-15(13)18-11-14(17)12-5-1-2-6-12/h3-4,7-8,12,16H,1-2,5-6,9-11H2. The van der Waals surface area contributed by atoms with Crippen molar-refractivity contribution in [3.8, 4) is 5.75 Å². The Hall–Kier alpha value is -1.35. The lowest BCUT2D eigenvalue weighted by Crippen LogP contribution is -2.19. The van der Waals surface area contributed by atoms with Crippen molar-refractivity contribution in [2.45, 2.75) is 32.1 Å². The molecule has 0 bridgehead atoms. The second kappa shape index (κ2) is 6.55. The summed E-state index contributed by atoms with van der Waals surface area (Å²) in [6.07, 6.45) is 4.92. The molecule has 1 fully saturated rings. The van der Waals surface area contributed by atoms with Crippen LogP contribution in [-0.2, 0) is 11.2 Å². The molecule has 98 valence electrons. The van der Waals surface area contributed by atoms with E-state index in [1.807, 2.05) is 24.3 Å². The molecule has 0 aliphatic heterocycles. The summed E-state index contributed by atoms with van der Waals surface area (Å²) < 4.78 is 5.60. The molecule has 18 heavy (non-hydrogen) atoms. The number of aliphatic hydroxyl groups excluding tert-OH is 1. The van der Waals surface area contributed by atoms with Gasteiger partial charge in [-0.3, -0.25) is 4.79 Å². The highest BCUT2D eigenvalue weighted by Gasteiger charge is 2.22. The molecule has 0 unspecified atom stereocenters. The van der Waals surface area contributed by atoms with E-state index < -0.39 is 0 Å². The number of para-hydroxylation sites is 1. The number of ketones is 1. The van der Waals surface area contributed by atoms with Gasteiger partial charge in [-0.25, -0.2) is 0 Å². The average Bonchev–Trinajstić information content (AvgIpc) is 2.92. The minimum absolute atomic E-state index is 0.0942. The minimum atomic E-state index is 0.0942. The number of ether oxygens (including phenoxy) is 1. The van der Waals surface area contributed by atoms with Crippen molar-refractivity contribution in [1.29, 1.82) is 0 Å². The van der Waals surface area contributed by atoms with Crippen LogP contribution in [0, 0.1) is 5.92 Å². The van der Waals surface area contributed by atoms with Gasteiger partial charge < -0.3 is 9.84 Å². The normalized spacial score (nSPS) is 15.8. The predicted octanol–water partition coefficient (Wildman–Crippen LogP) is 2.36. The van der Waals surface area contributed by atoms with Gasteiger partial charge in [0.25, 0.3) is 0 Å². The van der Waals surface area contributed by atoms with Crippen LogP contribution in [0.5, 0.6) is 5.75 Å². The van der Waals surface area contributed by atoms with E-state index in [0.29, 0.717) is 6.42 Å². The van der Waals surface area contributed by atoms with Crippen molar-refractivity contribution in [2.24, 2.45) is 5.92 Å². The molecule has 2 rings (SSSR count). The summed E-state index contributed by atoms with van der Waals surface area (Å²) in [5, 5.41) is 8.97. The number of Topliss-reactive ketones (excluding diaryl/α,β-unsaturated/α-hetero) is 1. The molecule has 0 amide bonds. The molecule has 0 spiro atoms. The summed E-state index contributed by atoms with van der Waals surface area (Å²) in [7, 11) is 0. The quantitative estimate of drug-likeness (QED) is 0.840. The van der Waals surface area contributed by atoms with E-state index >= 15 is 0 Å². The van der Waals surface area contributed by atoms with E-state index in [0.717, 1.165) is 37.0 Å². The first-order valence-electron chi connectivity index (χ1n) is 6.65. The molecule has 0 heterocycles. The highest BCUT2D eigenvalue weighted by Crippen LogP contribution is 2.26. The summed E-state index contributed by atoms with van der Waals surface area (Å²) in [6, 6.07) is 7.57. The van der Waals surface area contributed by atoms with E-state index in [-0.39, 0.29) is 24.9 Å². The van der Waals surface area contributed by atoms with Gasteiger partial charge in [0.1, 0.15) is 12.4 Å². The van der Waals surface area contributed by atoms with E-state index in [2.05, 4.69) is 0 Å². The second-order valence-corrected chi connectivity index (χ2v) is 4.82. The molecule has 1 aliphatic carbocycles. The van der Waals surface area contributed by atoms with E-state index in [4.69, 9.17) is 9.84 Å². The first kappa shape index (κ1) is 13.1. The van der Waals surface area contributed by atoms with Crippen LogP contribution in [0.4, 0.5) is 0 Å². The van der Waals surface area contributed by atoms with Crippen LogP contribution in [0.25, 0.3) is 0 Å². The predicted molar refractivity (Wildman–Crippen MR) is 69.7 cm³/mol. The van der Waals surface area contributed by atoms with Crippen LogP contribution in [0.3, 0.4) is 0 Å². The zero-order valence-electron chi connectivity index (χ0n) is 10.6. The summed E-state index contributed by atoms with van der Waals surface area (Å²) in [6.45, 7) is 0.254. The van der Waals surface area contributed by atoms with Gasteiger partial charge in [-0.2, -0.15) is 0 Å². The molecule has 0 atom stereocenters. The SMILES string of the molecule is O=C(COc1ccccc1CCO)C1CCCC1. The van der Waals surface area contributed by atoms with Crippen molar-refractivity contribution in [2.75, 3.05) is 13.2 Å². The topological polar surface area (TPSA) is 46.5 Å². The molecule has 0 saturated heterocycles. The fourth-order valence-corrected chi connectivity index (χ4v) is 2.49. The third-order valence-corrected chi connectivity index (χ3v) is 3.53. The number of hydrogen-bond donors (Lipinski definition) is 1. The maximum absolute atomic E-state index is 11.9. The number of carbonyl (C=O) groups is 1. The first-order chi connectivity index (χ1) is 8.81. The lowest BCUT2D eigenvalue weighted by Gasteiger charge is -2.12. The Labute approximate surface area is 108 Å². The summed E-state index contributed by atoms with van der Waals surface area (Å²) in [5.74, 6) is 1.14. The van der Waals surface area contributed by atoms with Gasteiger partial charge >= 0.3 is 0 Å². The average molecular weight is 248 g/mol. The maximum atomic E-state index is 11.9. The maximum Gasteiger partial charge on any atom is 0.173 e. The molecule has 3 heteroatoms. The highest BCUT2D eigenvalue weighted by atomic mass is 16.5. The molecule has 0 aromatic heterocycles. The summed E-state index contributed by atoms with van der Waals surface area (Å²) in [4.78, 5) is 11.9. The van der Waals surface area contributed by atoms with Gasteiger partial charge in [0.05, 0.1) is 0 Å². The number of benzene rings is 1. The Morgan fingerprint density at radius 2 is 2.00 bits per heavy atom. The number of hydrogen-bond acceptors (Lipinski definition) is 3. The molecule has 1 N–H and O–H groups in total. The van der Waals surface area contributed by atoms with Crippen LogP contribution >= 0.6 is 0 Å². The highest BCUT2D eigenvalue weighted by molar-refractivity contribution is 5.82. The van der Waals surface area contributed by atoms with Crippen LogP contribution in [-0.4, -0.2) is 24.1 Å². The molecule has 1 aromatic carbocycles. The third kappa shape index (κ3) is 3.33. The van der Waals surface area contributed by atoms with Crippen molar-refractivity contribution in [3.05, 3.63) is 29.8 Å². The number of aliphatic hydroxyl groups is 1. The molecular formula is C15H20O3. The fourth-order valence-electron chi connectivity index (χ4n) is 2.49. The molecule has 1 aliphatic rings. The molecule has 1 saturated carbocycles. The Morgan fingerprint density at radius 3 is 2.72 bits per heavy atom. The Balaban J connectivity index is 1.90. The zero-order valence-corrected chi connectivity index (χ0v) is 10.6. The van der Waals surface area contributed by atoms with Crippen LogP contribution in [0.15, 0.2) is 24.3 Å². The molecule has 3 nitrogen and oxygen atoms in total. The summed E-state index contributed by atoms with van der Waals surface area (Å²) >= 11 is 0. The van der Waals surface area contributed by atoms with Gasteiger partial charge in [0.15, 0.2) is 5.78 Å². The van der Waals surface area contributed by atoms with Crippen molar-refractivity contribution in [1.82, 2.24) is 0 Å². The lowest BCUT2D eigenvalue weighted by molar-refractivity contribution is -0.124. The van der Waals surface area contributed by atoms with Gasteiger partial charge in [0.2, 0.25) is 0 Å². The van der Waals surface area contributed by atoms with Gasteiger partial charge in [0, 0.05) is 12.5 Å². The molecular weight excluding hydrogens is 228 g/mol. The first-order valence-corrected chi connectivity index (χ1v) is 6.65. The second-order valence-electron chi connectivity index (χ2n) is 4.82. The Kier molecular flexibility index (Phi) is 4.76. The van der Waals surface area contributed by atoms with Crippen molar-refractivity contribution in [3.63, 3.8) is 0 Å². The van der Waals surface area contributed by atoms with Gasteiger partial charge in [-0.1, -0.05) is 31.0 Å². The largest absolute Gasteiger partial charge is 0.486 e. The number of carbonyl (C=O) groups excluding carboxylic acids is 1. The number of rotatable bonds is 6. The van der Waals surface area contributed by atoms with Crippen LogP contribution < -0.4 is 4.74 Å². The van der Waals surface area contributed by atoms with Gasteiger partial charge in [-0.05, 0) is 30.9 Å². The fraction of sp³-hybridized carbons (Fsp3) is 0.533. The molecule has 1 aromatic rings. The minimum Gasteiger partial charge on any atom is -0.486 e.